The van der Waals surface area contributed by atoms with E-state index in [0.717, 1.165) is 13.1 Å². The summed E-state index contributed by atoms with van der Waals surface area (Å²) < 4.78 is 56.8. The van der Waals surface area contributed by atoms with Crippen molar-refractivity contribution >= 4 is 53.0 Å². The lowest BCUT2D eigenvalue weighted by atomic mass is 9.99. The zero-order chi connectivity index (χ0) is 28.7. The first-order valence-corrected chi connectivity index (χ1v) is 16.3. The molecule has 0 aromatic heterocycles. The quantitative estimate of drug-likeness (QED) is 0.230. The number of likely N-dealkylation sites (N-methyl/N-ethyl adjacent to an activating group) is 2. The van der Waals surface area contributed by atoms with Crippen molar-refractivity contribution in [2.75, 3.05) is 70.9 Å². The molecule has 0 aliphatic carbocycles. The highest BCUT2D eigenvalue weighted by Crippen LogP contribution is 2.43. The molecule has 2 saturated heterocycles. The van der Waals surface area contributed by atoms with Gasteiger partial charge in [-0.2, -0.15) is 8.61 Å². The largest absolute Gasteiger partial charge is 0.301 e. The van der Waals surface area contributed by atoms with Crippen molar-refractivity contribution in [3.8, 4) is 0 Å². The Balaban J connectivity index is 1.61. The average molecular weight is 591 g/mol. The molecule has 0 unspecified atom stereocenters. The van der Waals surface area contributed by atoms with Gasteiger partial charge >= 0.3 is 0 Å². The van der Waals surface area contributed by atoms with Gasteiger partial charge in [0, 0.05) is 73.9 Å². The number of hydrogen-bond donors (Lipinski definition) is 2. The Hall–Kier alpha value is -2.72. The van der Waals surface area contributed by atoms with Crippen LogP contribution in [0.5, 0.6) is 0 Å². The van der Waals surface area contributed by atoms with Crippen LogP contribution in [0.15, 0.2) is 51.4 Å². The van der Waals surface area contributed by atoms with Crippen LogP contribution in [0.1, 0.15) is 13.8 Å². The Morgan fingerprint density at radius 1 is 0.700 bits per heavy atom. The number of nitrogens with zero attached hydrogens (tertiary/aromatic N) is 5. The fraction of sp³-hybridized carbons (Fsp3) is 0.462. The third-order valence-electron chi connectivity index (χ3n) is 8.07. The molecule has 2 heterocycles. The van der Waals surface area contributed by atoms with E-state index < -0.39 is 20.0 Å². The van der Waals surface area contributed by atoms with Gasteiger partial charge in [0.15, 0.2) is 0 Å². The molecule has 0 amide bonds. The van der Waals surface area contributed by atoms with E-state index in [4.69, 9.17) is 0 Å². The number of hydrogen-bond acceptors (Lipinski definition) is 10. The molecule has 2 fully saturated rings. The van der Waals surface area contributed by atoms with E-state index in [0.29, 0.717) is 63.1 Å². The number of nitrogens with one attached hydrogen (secondary N) is 1. The monoisotopic (exact) mass is 590 g/mol. The fourth-order valence-electron chi connectivity index (χ4n) is 5.57. The molecular weight excluding hydrogens is 556 g/mol. The molecule has 12 nitrogen and oxygen atoms in total. The Bertz CT molecular complexity index is 1530. The van der Waals surface area contributed by atoms with Crippen molar-refractivity contribution in [2.24, 2.45) is 5.18 Å². The lowest BCUT2D eigenvalue weighted by Gasteiger charge is -2.33. The van der Waals surface area contributed by atoms with Gasteiger partial charge in [0.2, 0.25) is 20.0 Å². The summed E-state index contributed by atoms with van der Waals surface area (Å²) in [5.41, 5.74) is 2.28. The lowest BCUT2D eigenvalue weighted by molar-refractivity contribution is 0.196. The summed E-state index contributed by atoms with van der Waals surface area (Å²) in [4.78, 5) is 16.6. The third-order valence-corrected chi connectivity index (χ3v) is 11.9. The van der Waals surface area contributed by atoms with Gasteiger partial charge in [-0.3, -0.25) is 10.7 Å². The predicted molar refractivity (Wildman–Crippen MR) is 154 cm³/mol. The van der Waals surface area contributed by atoms with Crippen LogP contribution in [0.2, 0.25) is 0 Å². The van der Waals surface area contributed by atoms with Crippen molar-refractivity contribution in [3.05, 3.63) is 41.3 Å². The highest BCUT2D eigenvalue weighted by Gasteiger charge is 2.31. The van der Waals surface area contributed by atoms with Crippen molar-refractivity contribution in [2.45, 2.75) is 23.6 Å². The number of benzene rings is 3. The van der Waals surface area contributed by atoms with Crippen LogP contribution < -0.4 is 5.48 Å². The van der Waals surface area contributed by atoms with Crippen LogP contribution in [0.4, 0.5) is 11.4 Å². The molecule has 3 aromatic carbocycles. The fourth-order valence-corrected chi connectivity index (χ4v) is 8.47. The molecule has 0 spiro atoms. The lowest BCUT2D eigenvalue weighted by Crippen LogP contribution is -2.48. The van der Waals surface area contributed by atoms with E-state index in [-0.39, 0.29) is 31.9 Å². The Morgan fingerprint density at radius 2 is 1.10 bits per heavy atom. The molecule has 0 atom stereocenters. The van der Waals surface area contributed by atoms with Crippen LogP contribution in [0.25, 0.3) is 21.5 Å². The predicted octanol–water partition coefficient (Wildman–Crippen LogP) is 2.84. The number of fused-ring (bicyclic) bond motifs is 2. The van der Waals surface area contributed by atoms with Crippen LogP contribution in [-0.4, -0.2) is 106 Å². The number of nitroso groups, excluding NO2 is 1. The van der Waals surface area contributed by atoms with Gasteiger partial charge in [0.25, 0.3) is 0 Å². The second-order valence-corrected chi connectivity index (χ2v) is 13.9. The van der Waals surface area contributed by atoms with Gasteiger partial charge in [0.05, 0.1) is 15.5 Å². The Labute approximate surface area is 234 Å². The smallest absolute Gasteiger partial charge is 0.243 e. The molecule has 216 valence electrons. The Morgan fingerprint density at radius 3 is 1.43 bits per heavy atom. The molecule has 0 radical (unpaired) electrons. The van der Waals surface area contributed by atoms with Crippen LogP contribution in [0.3, 0.4) is 0 Å². The molecule has 2 N–H and O–H groups in total. The van der Waals surface area contributed by atoms with Gasteiger partial charge in [-0.25, -0.2) is 16.8 Å². The molecular formula is C26H34N6O6S2. The summed E-state index contributed by atoms with van der Waals surface area (Å²) in [6, 6.07) is 8.68. The second-order valence-electron chi connectivity index (χ2n) is 10.0. The maximum absolute atomic E-state index is 13.5. The van der Waals surface area contributed by atoms with Crippen LogP contribution in [0, 0.1) is 4.91 Å². The number of sulfonamides is 2. The van der Waals surface area contributed by atoms with Gasteiger partial charge < -0.3 is 9.80 Å². The van der Waals surface area contributed by atoms with Gasteiger partial charge in [-0.05, 0) is 42.5 Å². The molecule has 0 bridgehead atoms. The topological polar surface area (TPSA) is 143 Å². The van der Waals surface area contributed by atoms with Crippen LogP contribution >= 0.6 is 0 Å². The van der Waals surface area contributed by atoms with E-state index in [1.54, 1.807) is 0 Å². The highest BCUT2D eigenvalue weighted by molar-refractivity contribution is 7.89. The van der Waals surface area contributed by atoms with Crippen molar-refractivity contribution < 1.29 is 22.0 Å². The summed E-state index contributed by atoms with van der Waals surface area (Å²) in [7, 11) is -7.72. The minimum atomic E-state index is -3.86. The minimum absolute atomic E-state index is 0.00402. The molecule has 14 heteroatoms. The van der Waals surface area contributed by atoms with Gasteiger partial charge in [-0.1, -0.05) is 26.0 Å². The highest BCUT2D eigenvalue weighted by atomic mass is 32.2. The Kier molecular flexibility index (Phi) is 8.12. The molecule has 40 heavy (non-hydrogen) atoms. The first kappa shape index (κ1) is 28.8. The van der Waals surface area contributed by atoms with Gasteiger partial charge in [-0.15, -0.1) is 4.91 Å². The normalized spacial score (nSPS) is 18.9. The first-order valence-electron chi connectivity index (χ1n) is 13.4. The zero-order valence-corrected chi connectivity index (χ0v) is 24.2. The summed E-state index contributed by atoms with van der Waals surface area (Å²) in [6.45, 7) is 9.63. The maximum Gasteiger partial charge on any atom is 0.243 e. The number of piperazine rings is 2. The second kappa shape index (κ2) is 11.3. The first-order chi connectivity index (χ1) is 19.1. The number of rotatable bonds is 8. The molecule has 2 aliphatic heterocycles. The molecule has 0 saturated carbocycles. The minimum Gasteiger partial charge on any atom is -0.301 e. The summed E-state index contributed by atoms with van der Waals surface area (Å²) in [5, 5.41) is 14.4. The van der Waals surface area contributed by atoms with Crippen LogP contribution in [-0.2, 0) is 20.0 Å². The third kappa shape index (κ3) is 4.98. The standard InChI is InChI=1S/C26H34N6O6S2/c1-3-29-9-13-31(14-10-29)39(35,36)19-5-7-21-23(17-19)26(28-34)24-18-20(6-8-22(24)25(21)27-33)40(37,38)32-15-11-30(4-2)12-16-32/h5-8,17-18,27,33H,3-4,9-16H2,1-2H3. The summed E-state index contributed by atoms with van der Waals surface area (Å²) in [6.07, 6.45) is 0. The molecule has 5 rings (SSSR count). The molecule has 2 aliphatic rings. The van der Waals surface area contributed by atoms with E-state index in [1.165, 1.54) is 45.0 Å². The summed E-state index contributed by atoms with van der Waals surface area (Å²) in [5.74, 6) is 0. The summed E-state index contributed by atoms with van der Waals surface area (Å²) >= 11 is 0. The number of anilines is 1. The SMILES string of the molecule is CCN1CCN(S(=O)(=O)c2ccc3c(NO)c4ccc(S(=O)(=O)N5CCN(CC)CC5)cc4c(N=O)c3c2)CC1. The van der Waals surface area contributed by atoms with Gasteiger partial charge in [0.1, 0.15) is 5.69 Å². The zero-order valence-electron chi connectivity index (χ0n) is 22.6. The molecule has 3 aromatic rings. The van der Waals surface area contributed by atoms with E-state index in [9.17, 15) is 26.9 Å². The van der Waals surface area contributed by atoms with E-state index >= 15 is 0 Å². The maximum atomic E-state index is 13.5. The van der Waals surface area contributed by atoms with Crippen molar-refractivity contribution in [1.82, 2.24) is 18.4 Å². The van der Waals surface area contributed by atoms with Crippen molar-refractivity contribution in [3.63, 3.8) is 0 Å². The van der Waals surface area contributed by atoms with Crippen molar-refractivity contribution in [1.29, 1.82) is 0 Å². The van der Waals surface area contributed by atoms with E-state index in [1.807, 2.05) is 13.8 Å². The average Bonchev–Trinajstić information content (AvgIpc) is 2.99. The van der Waals surface area contributed by atoms with E-state index in [2.05, 4.69) is 20.5 Å².